The van der Waals surface area contributed by atoms with Crippen molar-refractivity contribution in [3.63, 3.8) is 0 Å². The van der Waals surface area contributed by atoms with E-state index in [1.54, 1.807) is 0 Å². The third-order valence-electron chi connectivity index (χ3n) is 6.17. The molecule has 3 saturated heterocycles. The summed E-state index contributed by atoms with van der Waals surface area (Å²) in [5, 5.41) is 0. The van der Waals surface area contributed by atoms with Crippen LogP contribution in [0.4, 0.5) is 0 Å². The number of epoxide rings is 1. The number of hydrogen-bond donors (Lipinski definition) is 0. The van der Waals surface area contributed by atoms with Gasteiger partial charge in [0.1, 0.15) is 30.4 Å². The van der Waals surface area contributed by atoms with Crippen molar-refractivity contribution < 1.29 is 18.8 Å². The van der Waals surface area contributed by atoms with Crippen molar-refractivity contribution in [2.24, 2.45) is 0 Å². The Morgan fingerprint density at radius 3 is 2.43 bits per heavy atom. The molecule has 3 heterocycles. The van der Waals surface area contributed by atoms with E-state index < -0.39 is 0 Å². The molecule has 3 fully saturated rings. The van der Waals surface area contributed by atoms with Crippen LogP contribution < -0.4 is 0 Å². The highest BCUT2D eigenvalue weighted by Crippen LogP contribution is 2.52. The van der Waals surface area contributed by atoms with Crippen LogP contribution in [-0.2, 0) is 14.3 Å². The van der Waals surface area contributed by atoms with Gasteiger partial charge in [0.2, 0.25) is 0 Å². The van der Waals surface area contributed by atoms with Gasteiger partial charge in [-0.15, -0.1) is 0 Å². The second kappa shape index (κ2) is 5.18. The summed E-state index contributed by atoms with van der Waals surface area (Å²) in [5.74, 6) is -0.289. The largest absolute Gasteiger partial charge is 0.458 e. The van der Waals surface area contributed by atoms with E-state index in [1.165, 1.54) is 0 Å². The maximum Gasteiger partial charge on any atom is 0.338 e. The maximum atomic E-state index is 12.4. The van der Waals surface area contributed by atoms with Gasteiger partial charge >= 0.3 is 5.97 Å². The molecule has 2 unspecified atom stereocenters. The Labute approximate surface area is 137 Å². The summed E-state index contributed by atoms with van der Waals surface area (Å²) in [6.07, 6.45) is 2.55. The average molecular weight is 314 g/mol. The van der Waals surface area contributed by atoms with Crippen molar-refractivity contribution in [2.45, 2.75) is 50.2 Å². The van der Waals surface area contributed by atoms with E-state index >= 15 is 0 Å². The number of quaternary nitrogens is 1. The van der Waals surface area contributed by atoms with Crippen LogP contribution in [0.15, 0.2) is 36.9 Å². The summed E-state index contributed by atoms with van der Waals surface area (Å²) in [6, 6.07) is 10.5. The molecule has 0 amide bonds. The fourth-order valence-corrected chi connectivity index (χ4v) is 4.60. The Morgan fingerprint density at radius 2 is 1.87 bits per heavy atom. The highest BCUT2D eigenvalue weighted by molar-refractivity contribution is 6.15. The van der Waals surface area contributed by atoms with Crippen LogP contribution in [0, 0.1) is 0 Å². The van der Waals surface area contributed by atoms with Crippen LogP contribution in [0.5, 0.6) is 0 Å². The Bertz CT molecular complexity index is 623. The van der Waals surface area contributed by atoms with Gasteiger partial charge in [-0.1, -0.05) is 36.9 Å². The summed E-state index contributed by atoms with van der Waals surface area (Å²) < 4.78 is 12.7. The number of hydrogen-bond acceptors (Lipinski definition) is 3. The number of carbonyl (C=O) groups is 1. The molecular formula is C19H24NO3+. The van der Waals surface area contributed by atoms with Gasteiger partial charge in [0.25, 0.3) is 0 Å². The number of fused-ring (bicyclic) bond motifs is 5. The molecule has 1 aromatic carbocycles. The standard InChI is InChI=1S/C19H24NO3/c1-4-20(3)15-10-14(11-16(20)18-17(15)23-18)22-19(21)12(2)13-8-6-5-7-9-13/h5-9,14-18H,2,4,10-11H2,1,3H3/q+1/t14?,15-,16+,17-,18+,20?. The molecule has 0 spiro atoms. The fraction of sp³-hybridized carbons (Fsp3) is 0.526. The molecule has 0 saturated carbocycles. The number of nitrogens with zero attached hydrogens (tertiary/aromatic N) is 1. The Balaban J connectivity index is 1.44. The third-order valence-corrected chi connectivity index (χ3v) is 6.17. The molecule has 0 N–H and O–H groups in total. The van der Waals surface area contributed by atoms with E-state index in [0.29, 0.717) is 29.9 Å². The van der Waals surface area contributed by atoms with E-state index in [0.717, 1.165) is 29.4 Å². The molecule has 4 heteroatoms. The van der Waals surface area contributed by atoms with Crippen LogP contribution in [0.3, 0.4) is 0 Å². The van der Waals surface area contributed by atoms with Gasteiger partial charge in [-0.25, -0.2) is 4.79 Å². The topological polar surface area (TPSA) is 38.8 Å². The lowest BCUT2D eigenvalue weighted by Crippen LogP contribution is -2.62. The molecule has 4 nitrogen and oxygen atoms in total. The van der Waals surface area contributed by atoms with Crippen LogP contribution in [0.2, 0.25) is 0 Å². The number of esters is 1. The summed E-state index contributed by atoms with van der Waals surface area (Å²) in [5.41, 5.74) is 1.27. The first-order valence-corrected chi connectivity index (χ1v) is 8.50. The lowest BCUT2D eigenvalue weighted by atomic mass is 9.95. The summed E-state index contributed by atoms with van der Waals surface area (Å²) in [4.78, 5) is 12.4. The minimum absolute atomic E-state index is 0.00730. The van der Waals surface area contributed by atoms with E-state index in [1.807, 2.05) is 30.3 Å². The second-order valence-electron chi connectivity index (χ2n) is 7.21. The zero-order valence-corrected chi connectivity index (χ0v) is 13.8. The number of carbonyl (C=O) groups excluding carboxylic acids is 1. The first-order chi connectivity index (χ1) is 11.0. The van der Waals surface area contributed by atoms with Crippen LogP contribution in [-0.4, -0.2) is 54.4 Å². The van der Waals surface area contributed by atoms with Crippen LogP contribution in [0.1, 0.15) is 25.3 Å². The predicted molar refractivity (Wildman–Crippen MR) is 87.6 cm³/mol. The Hall–Kier alpha value is -1.65. The SMILES string of the molecule is C=C(C(=O)OC1C[C@@H]2[C@H]3O[C@H]3[C@H](C1)[N+]2(C)CC)c1ccccc1. The predicted octanol–water partition coefficient (Wildman–Crippen LogP) is 2.39. The Morgan fingerprint density at radius 1 is 1.26 bits per heavy atom. The van der Waals surface area contributed by atoms with Crippen LogP contribution in [0.25, 0.3) is 5.57 Å². The molecule has 0 aromatic heterocycles. The number of morpholine rings is 1. The second-order valence-corrected chi connectivity index (χ2v) is 7.21. The van der Waals surface area contributed by atoms with E-state index in [-0.39, 0.29) is 12.1 Å². The van der Waals surface area contributed by atoms with E-state index in [2.05, 4.69) is 20.6 Å². The summed E-state index contributed by atoms with van der Waals surface area (Å²) in [7, 11) is 2.33. The van der Waals surface area contributed by atoms with Gasteiger partial charge in [-0.3, -0.25) is 0 Å². The molecular weight excluding hydrogens is 290 g/mol. The van der Waals surface area contributed by atoms with Gasteiger partial charge in [0, 0.05) is 12.8 Å². The normalized spacial score (nSPS) is 40.3. The van der Waals surface area contributed by atoms with Crippen molar-refractivity contribution in [1.82, 2.24) is 0 Å². The summed E-state index contributed by atoms with van der Waals surface area (Å²) >= 11 is 0. The zero-order chi connectivity index (χ0) is 16.2. The first kappa shape index (κ1) is 14.9. The van der Waals surface area contributed by atoms with Gasteiger partial charge in [0.05, 0.1) is 19.2 Å². The summed E-state index contributed by atoms with van der Waals surface area (Å²) in [6.45, 7) is 7.27. The highest BCUT2D eigenvalue weighted by Gasteiger charge is 2.71. The van der Waals surface area contributed by atoms with Crippen molar-refractivity contribution >= 4 is 11.5 Å². The molecule has 122 valence electrons. The van der Waals surface area contributed by atoms with Crippen molar-refractivity contribution in [1.29, 1.82) is 0 Å². The number of rotatable bonds is 4. The van der Waals surface area contributed by atoms with Gasteiger partial charge in [0.15, 0.2) is 0 Å². The van der Waals surface area contributed by atoms with E-state index in [9.17, 15) is 4.79 Å². The minimum atomic E-state index is -0.289. The lowest BCUT2D eigenvalue weighted by molar-refractivity contribution is -0.954. The molecule has 3 aliphatic rings. The van der Waals surface area contributed by atoms with E-state index in [4.69, 9.17) is 9.47 Å². The zero-order valence-electron chi connectivity index (χ0n) is 13.8. The van der Waals surface area contributed by atoms with Gasteiger partial charge in [-0.2, -0.15) is 0 Å². The highest BCUT2D eigenvalue weighted by atomic mass is 16.6. The molecule has 23 heavy (non-hydrogen) atoms. The van der Waals surface area contributed by atoms with Crippen LogP contribution >= 0.6 is 0 Å². The molecule has 0 radical (unpaired) electrons. The Kier molecular flexibility index (Phi) is 3.36. The molecule has 3 aliphatic heterocycles. The number of piperidine rings is 1. The molecule has 0 aliphatic carbocycles. The smallest absolute Gasteiger partial charge is 0.338 e. The number of likely N-dealkylation sites (N-methyl/N-ethyl adjacent to an activating group) is 1. The van der Waals surface area contributed by atoms with Gasteiger partial charge < -0.3 is 14.0 Å². The molecule has 4 rings (SSSR count). The average Bonchev–Trinajstić information content (AvgIpc) is 3.33. The van der Waals surface area contributed by atoms with Crippen molar-refractivity contribution in [2.75, 3.05) is 13.6 Å². The molecule has 6 atom stereocenters. The quantitative estimate of drug-likeness (QED) is 0.371. The molecule has 1 aromatic rings. The van der Waals surface area contributed by atoms with Crippen molar-refractivity contribution in [3.05, 3.63) is 42.5 Å². The monoisotopic (exact) mass is 314 g/mol. The van der Waals surface area contributed by atoms with Crippen molar-refractivity contribution in [3.8, 4) is 0 Å². The fourth-order valence-electron chi connectivity index (χ4n) is 4.60. The van der Waals surface area contributed by atoms with Gasteiger partial charge in [-0.05, 0) is 12.5 Å². The first-order valence-electron chi connectivity index (χ1n) is 8.50. The lowest BCUT2D eigenvalue weighted by Gasteiger charge is -2.47. The number of ether oxygens (including phenoxy) is 2. The maximum absolute atomic E-state index is 12.4. The number of benzene rings is 1. The molecule has 2 bridgehead atoms. The third kappa shape index (κ3) is 2.24. The minimum Gasteiger partial charge on any atom is -0.458 e.